The summed E-state index contributed by atoms with van der Waals surface area (Å²) >= 11 is 12.2. The molecular weight excluding hydrogens is 443 g/mol. The Morgan fingerprint density at radius 3 is 2.17 bits per heavy atom. The van der Waals surface area contributed by atoms with Crippen molar-refractivity contribution in [3.8, 4) is 0 Å². The number of amides is 1. The van der Waals surface area contributed by atoms with Gasteiger partial charge in [0.1, 0.15) is 6.54 Å². The summed E-state index contributed by atoms with van der Waals surface area (Å²) in [5, 5.41) is 3.34. The highest BCUT2D eigenvalue weighted by molar-refractivity contribution is 7.92. The molecule has 0 saturated carbocycles. The number of rotatable bonds is 7. The van der Waals surface area contributed by atoms with Crippen molar-refractivity contribution in [2.24, 2.45) is 0 Å². The number of hydrogen-bond donors (Lipinski definition) is 1. The van der Waals surface area contributed by atoms with Crippen LogP contribution in [0.25, 0.3) is 0 Å². The van der Waals surface area contributed by atoms with Crippen molar-refractivity contribution in [1.82, 2.24) is 0 Å². The third-order valence-electron chi connectivity index (χ3n) is 4.43. The molecule has 0 fully saturated rings. The fraction of sp³-hybridized carbons (Fsp3) is 0.136. The number of aryl methyl sites for hydroxylation is 1. The molecule has 0 saturated heterocycles. The minimum atomic E-state index is -4.04. The van der Waals surface area contributed by atoms with Gasteiger partial charge in [0.15, 0.2) is 0 Å². The van der Waals surface area contributed by atoms with E-state index < -0.39 is 22.5 Å². The predicted octanol–water partition coefficient (Wildman–Crippen LogP) is 5.39. The molecule has 0 unspecified atom stereocenters. The molecule has 0 aromatic heterocycles. The molecule has 0 heterocycles. The molecule has 1 N–H and O–H groups in total. The van der Waals surface area contributed by atoms with Crippen LogP contribution in [-0.4, -0.2) is 20.9 Å². The summed E-state index contributed by atoms with van der Waals surface area (Å²) in [7, 11) is -4.04. The summed E-state index contributed by atoms with van der Waals surface area (Å²) < 4.78 is 27.7. The van der Waals surface area contributed by atoms with Gasteiger partial charge >= 0.3 is 0 Å². The fourth-order valence-corrected chi connectivity index (χ4v) is 4.93. The van der Waals surface area contributed by atoms with Crippen molar-refractivity contribution < 1.29 is 13.2 Å². The Morgan fingerprint density at radius 1 is 0.933 bits per heavy atom. The normalized spacial score (nSPS) is 11.2. The first kappa shape index (κ1) is 22.2. The van der Waals surface area contributed by atoms with Gasteiger partial charge in [-0.05, 0) is 48.4 Å². The van der Waals surface area contributed by atoms with Crippen LogP contribution >= 0.6 is 23.2 Å². The zero-order chi connectivity index (χ0) is 21.7. The minimum absolute atomic E-state index is 0.0582. The second-order valence-electron chi connectivity index (χ2n) is 6.51. The van der Waals surface area contributed by atoms with Gasteiger partial charge in [-0.1, -0.05) is 66.5 Å². The molecule has 0 radical (unpaired) electrons. The van der Waals surface area contributed by atoms with E-state index in [1.807, 2.05) is 25.1 Å². The van der Waals surface area contributed by atoms with Gasteiger partial charge in [0.05, 0.1) is 10.6 Å². The lowest BCUT2D eigenvalue weighted by atomic mass is 10.1. The number of para-hydroxylation sites is 1. The lowest BCUT2D eigenvalue weighted by molar-refractivity contribution is -0.114. The van der Waals surface area contributed by atoms with Crippen LogP contribution in [0.15, 0.2) is 77.7 Å². The van der Waals surface area contributed by atoms with E-state index >= 15 is 0 Å². The second kappa shape index (κ2) is 9.51. The van der Waals surface area contributed by atoms with Gasteiger partial charge in [0.2, 0.25) is 5.91 Å². The molecule has 5 nitrogen and oxygen atoms in total. The van der Waals surface area contributed by atoms with E-state index in [2.05, 4.69) is 5.32 Å². The topological polar surface area (TPSA) is 66.5 Å². The first-order valence-corrected chi connectivity index (χ1v) is 11.4. The quantitative estimate of drug-likeness (QED) is 0.511. The SMILES string of the molecule is CCc1ccccc1NC(=O)CN(c1cc(Cl)cc(Cl)c1)S(=O)(=O)c1ccccc1. The van der Waals surface area contributed by atoms with E-state index in [-0.39, 0.29) is 20.6 Å². The summed E-state index contributed by atoms with van der Waals surface area (Å²) in [6.07, 6.45) is 0.729. The Hall–Kier alpha value is -2.54. The summed E-state index contributed by atoms with van der Waals surface area (Å²) in [6, 6.07) is 19.7. The largest absolute Gasteiger partial charge is 0.324 e. The number of halogens is 2. The number of benzene rings is 3. The summed E-state index contributed by atoms with van der Waals surface area (Å²) in [5.74, 6) is -0.480. The summed E-state index contributed by atoms with van der Waals surface area (Å²) in [4.78, 5) is 12.9. The van der Waals surface area contributed by atoms with Crippen LogP contribution in [0.2, 0.25) is 10.0 Å². The zero-order valence-electron chi connectivity index (χ0n) is 16.2. The maximum Gasteiger partial charge on any atom is 0.264 e. The Morgan fingerprint density at radius 2 is 1.53 bits per heavy atom. The molecule has 3 rings (SSSR count). The van der Waals surface area contributed by atoms with Crippen LogP contribution in [-0.2, 0) is 21.2 Å². The van der Waals surface area contributed by atoms with Crippen LogP contribution in [0.1, 0.15) is 12.5 Å². The van der Waals surface area contributed by atoms with Gasteiger partial charge in [-0.15, -0.1) is 0 Å². The minimum Gasteiger partial charge on any atom is -0.324 e. The van der Waals surface area contributed by atoms with Crippen LogP contribution in [0.4, 0.5) is 11.4 Å². The molecule has 30 heavy (non-hydrogen) atoms. The highest BCUT2D eigenvalue weighted by Gasteiger charge is 2.28. The first-order chi connectivity index (χ1) is 14.3. The average molecular weight is 463 g/mol. The molecule has 0 aliphatic carbocycles. The highest BCUT2D eigenvalue weighted by atomic mass is 35.5. The smallest absolute Gasteiger partial charge is 0.264 e. The van der Waals surface area contributed by atoms with Crippen LogP contribution < -0.4 is 9.62 Å². The Labute approximate surface area is 186 Å². The molecule has 1 amide bonds. The molecule has 0 aliphatic heterocycles. The molecule has 0 bridgehead atoms. The monoisotopic (exact) mass is 462 g/mol. The molecule has 8 heteroatoms. The van der Waals surface area contributed by atoms with Gasteiger partial charge in [-0.3, -0.25) is 9.10 Å². The van der Waals surface area contributed by atoms with E-state index in [0.717, 1.165) is 16.3 Å². The van der Waals surface area contributed by atoms with Gasteiger partial charge in [0, 0.05) is 15.7 Å². The number of hydrogen-bond acceptors (Lipinski definition) is 3. The molecular formula is C22H20Cl2N2O3S. The maximum absolute atomic E-state index is 13.3. The maximum atomic E-state index is 13.3. The molecule has 0 aliphatic rings. The molecule has 3 aromatic carbocycles. The lowest BCUT2D eigenvalue weighted by Crippen LogP contribution is -2.38. The Bertz CT molecular complexity index is 1130. The summed E-state index contributed by atoms with van der Waals surface area (Å²) in [6.45, 7) is 1.54. The third kappa shape index (κ3) is 5.14. The van der Waals surface area contributed by atoms with Crippen LogP contribution in [0.5, 0.6) is 0 Å². The number of nitrogens with one attached hydrogen (secondary N) is 1. The van der Waals surface area contributed by atoms with Crippen molar-refractivity contribution in [2.45, 2.75) is 18.2 Å². The van der Waals surface area contributed by atoms with Crippen molar-refractivity contribution in [2.75, 3.05) is 16.2 Å². The molecule has 156 valence electrons. The van der Waals surface area contributed by atoms with Gasteiger partial charge in [0.25, 0.3) is 10.0 Å². The number of carbonyl (C=O) groups excluding carboxylic acids is 1. The third-order valence-corrected chi connectivity index (χ3v) is 6.65. The molecule has 3 aromatic rings. The van der Waals surface area contributed by atoms with Crippen molar-refractivity contribution in [1.29, 1.82) is 0 Å². The van der Waals surface area contributed by atoms with E-state index in [4.69, 9.17) is 23.2 Å². The van der Waals surface area contributed by atoms with E-state index in [0.29, 0.717) is 5.69 Å². The first-order valence-electron chi connectivity index (χ1n) is 9.23. The Kier molecular flexibility index (Phi) is 7.02. The van der Waals surface area contributed by atoms with Gasteiger partial charge in [-0.2, -0.15) is 0 Å². The van der Waals surface area contributed by atoms with Crippen LogP contribution in [0.3, 0.4) is 0 Å². The number of sulfonamides is 1. The predicted molar refractivity (Wildman–Crippen MR) is 122 cm³/mol. The van der Waals surface area contributed by atoms with E-state index in [1.165, 1.54) is 30.3 Å². The highest BCUT2D eigenvalue weighted by Crippen LogP contribution is 2.29. The number of anilines is 2. The van der Waals surface area contributed by atoms with Crippen molar-refractivity contribution >= 4 is 50.5 Å². The number of carbonyl (C=O) groups is 1. The summed E-state index contributed by atoms with van der Waals surface area (Å²) in [5.41, 5.74) is 1.80. The van der Waals surface area contributed by atoms with E-state index in [9.17, 15) is 13.2 Å². The second-order valence-corrected chi connectivity index (χ2v) is 9.25. The lowest BCUT2D eigenvalue weighted by Gasteiger charge is -2.24. The van der Waals surface area contributed by atoms with Crippen LogP contribution in [0, 0.1) is 0 Å². The standard InChI is InChI=1S/C22H20Cl2N2O3S/c1-2-16-8-6-7-11-21(16)25-22(27)15-26(19-13-17(23)12-18(24)14-19)30(28,29)20-9-4-3-5-10-20/h3-14H,2,15H2,1H3,(H,25,27). The fourth-order valence-electron chi connectivity index (χ4n) is 2.99. The van der Waals surface area contributed by atoms with Crippen molar-refractivity contribution in [3.05, 3.63) is 88.4 Å². The Balaban J connectivity index is 1.98. The van der Waals surface area contributed by atoms with E-state index in [1.54, 1.807) is 24.3 Å². The van der Waals surface area contributed by atoms with Crippen molar-refractivity contribution in [3.63, 3.8) is 0 Å². The number of nitrogens with zero attached hydrogens (tertiary/aromatic N) is 1. The molecule has 0 atom stereocenters. The van der Waals surface area contributed by atoms with Gasteiger partial charge in [-0.25, -0.2) is 8.42 Å². The zero-order valence-corrected chi connectivity index (χ0v) is 18.5. The molecule has 0 spiro atoms. The average Bonchev–Trinajstić information content (AvgIpc) is 2.72. The van der Waals surface area contributed by atoms with Gasteiger partial charge < -0.3 is 5.32 Å².